The number of hydrogen-bond donors (Lipinski definition) is 2. The summed E-state index contributed by atoms with van der Waals surface area (Å²) in [5.74, 6) is 1.57. The molecule has 0 atom stereocenters. The Morgan fingerprint density at radius 1 is 1.07 bits per heavy atom. The van der Waals surface area contributed by atoms with Crippen molar-refractivity contribution in [1.29, 1.82) is 0 Å². The van der Waals surface area contributed by atoms with Crippen LogP contribution in [0.1, 0.15) is 22.8 Å². The van der Waals surface area contributed by atoms with Gasteiger partial charge in [-0.1, -0.05) is 30.3 Å². The minimum atomic E-state index is -0.375. The third kappa shape index (κ3) is 5.44. The molecule has 0 aliphatic heterocycles. The van der Waals surface area contributed by atoms with Gasteiger partial charge in [0.1, 0.15) is 11.6 Å². The zero-order valence-electron chi connectivity index (χ0n) is 16.5. The summed E-state index contributed by atoms with van der Waals surface area (Å²) in [6, 6.07) is 16.8. The van der Waals surface area contributed by atoms with Crippen LogP contribution in [0.5, 0.6) is 5.75 Å². The molecule has 0 bridgehead atoms. The average Bonchev–Trinajstić information content (AvgIpc) is 2.75. The quantitative estimate of drug-likeness (QED) is 0.531. The largest absolute Gasteiger partial charge is 0.496 e. The van der Waals surface area contributed by atoms with E-state index in [1.165, 1.54) is 0 Å². The standard InChI is InChI=1S/C22H24N4O3/c1-3-29-21(27)17-9-5-6-10-18(17)25-20-13-15-24-22(26-20)23-14-12-16-8-4-7-11-19(16)28-2/h4-11,13,15H,3,12,14H2,1-2H3,(H2,23,24,25,26). The summed E-state index contributed by atoms with van der Waals surface area (Å²) >= 11 is 0. The fraction of sp³-hybridized carbons (Fsp3) is 0.227. The van der Waals surface area contributed by atoms with Crippen LogP contribution in [0, 0.1) is 0 Å². The molecule has 150 valence electrons. The maximum Gasteiger partial charge on any atom is 0.340 e. The van der Waals surface area contributed by atoms with Gasteiger partial charge in [0.25, 0.3) is 0 Å². The van der Waals surface area contributed by atoms with E-state index in [2.05, 4.69) is 20.6 Å². The molecular formula is C22H24N4O3. The highest BCUT2D eigenvalue weighted by atomic mass is 16.5. The molecule has 3 aromatic rings. The van der Waals surface area contributed by atoms with Crippen LogP contribution in [0.4, 0.5) is 17.5 Å². The van der Waals surface area contributed by atoms with E-state index in [4.69, 9.17) is 9.47 Å². The molecule has 0 saturated heterocycles. The van der Waals surface area contributed by atoms with Crippen molar-refractivity contribution in [3.63, 3.8) is 0 Å². The highest BCUT2D eigenvalue weighted by Crippen LogP contribution is 2.21. The number of ether oxygens (including phenoxy) is 2. The van der Waals surface area contributed by atoms with Crippen molar-refractivity contribution in [3.8, 4) is 5.75 Å². The molecular weight excluding hydrogens is 368 g/mol. The number of nitrogens with one attached hydrogen (secondary N) is 2. The number of nitrogens with zero attached hydrogens (tertiary/aromatic N) is 2. The van der Waals surface area contributed by atoms with Gasteiger partial charge in [0.2, 0.25) is 5.95 Å². The molecule has 0 aliphatic rings. The second kappa shape index (κ2) is 10.1. The van der Waals surface area contributed by atoms with Gasteiger partial charge >= 0.3 is 5.97 Å². The molecule has 29 heavy (non-hydrogen) atoms. The third-order valence-electron chi connectivity index (χ3n) is 4.21. The zero-order valence-corrected chi connectivity index (χ0v) is 16.5. The maximum absolute atomic E-state index is 12.1. The van der Waals surface area contributed by atoms with E-state index in [0.29, 0.717) is 36.2 Å². The highest BCUT2D eigenvalue weighted by molar-refractivity contribution is 5.96. The number of para-hydroxylation sites is 2. The van der Waals surface area contributed by atoms with Crippen LogP contribution in [-0.4, -0.2) is 36.2 Å². The molecule has 7 heteroatoms. The van der Waals surface area contributed by atoms with Gasteiger partial charge in [-0.2, -0.15) is 4.98 Å². The van der Waals surface area contributed by atoms with E-state index < -0.39 is 0 Å². The summed E-state index contributed by atoms with van der Waals surface area (Å²) in [5, 5.41) is 6.39. The topological polar surface area (TPSA) is 85.4 Å². The smallest absolute Gasteiger partial charge is 0.340 e. The van der Waals surface area contributed by atoms with Gasteiger partial charge in [-0.3, -0.25) is 0 Å². The predicted octanol–water partition coefficient (Wildman–Crippen LogP) is 4.06. The van der Waals surface area contributed by atoms with Crippen molar-refractivity contribution in [2.45, 2.75) is 13.3 Å². The molecule has 1 heterocycles. The molecule has 0 radical (unpaired) electrons. The number of benzene rings is 2. The van der Waals surface area contributed by atoms with Gasteiger partial charge in [-0.15, -0.1) is 0 Å². The number of rotatable bonds is 9. The van der Waals surface area contributed by atoms with E-state index in [-0.39, 0.29) is 5.97 Å². The normalized spacial score (nSPS) is 10.3. The Kier molecular flexibility index (Phi) is 7.00. The summed E-state index contributed by atoms with van der Waals surface area (Å²) in [7, 11) is 1.67. The molecule has 1 aromatic heterocycles. The number of anilines is 3. The van der Waals surface area contributed by atoms with Crippen LogP contribution < -0.4 is 15.4 Å². The predicted molar refractivity (Wildman–Crippen MR) is 113 cm³/mol. The molecule has 0 saturated carbocycles. The van der Waals surface area contributed by atoms with Gasteiger partial charge in [-0.05, 0) is 43.2 Å². The number of hydrogen-bond acceptors (Lipinski definition) is 7. The lowest BCUT2D eigenvalue weighted by molar-refractivity contribution is 0.0527. The molecule has 0 amide bonds. The van der Waals surface area contributed by atoms with Crippen molar-refractivity contribution in [3.05, 3.63) is 71.9 Å². The average molecular weight is 392 g/mol. The monoisotopic (exact) mass is 392 g/mol. The molecule has 0 spiro atoms. The van der Waals surface area contributed by atoms with E-state index in [1.54, 1.807) is 38.4 Å². The zero-order chi connectivity index (χ0) is 20.5. The molecule has 2 N–H and O–H groups in total. The van der Waals surface area contributed by atoms with Crippen LogP contribution >= 0.6 is 0 Å². The van der Waals surface area contributed by atoms with Gasteiger partial charge in [-0.25, -0.2) is 9.78 Å². The van der Waals surface area contributed by atoms with Crippen molar-refractivity contribution in [2.75, 3.05) is 30.9 Å². The SMILES string of the molecule is CCOC(=O)c1ccccc1Nc1ccnc(NCCc2ccccc2OC)n1. The Morgan fingerprint density at radius 2 is 1.86 bits per heavy atom. The van der Waals surface area contributed by atoms with Gasteiger partial charge in [0.15, 0.2) is 0 Å². The number of esters is 1. The summed E-state index contributed by atoms with van der Waals surface area (Å²) in [4.78, 5) is 20.9. The molecule has 0 unspecified atom stereocenters. The van der Waals surface area contributed by atoms with Crippen LogP contribution in [0.3, 0.4) is 0 Å². The third-order valence-corrected chi connectivity index (χ3v) is 4.21. The van der Waals surface area contributed by atoms with Crippen molar-refractivity contribution in [1.82, 2.24) is 9.97 Å². The number of carbonyl (C=O) groups is 1. The maximum atomic E-state index is 12.1. The van der Waals surface area contributed by atoms with Crippen molar-refractivity contribution in [2.24, 2.45) is 0 Å². The Hall–Kier alpha value is -3.61. The number of carbonyl (C=O) groups excluding carboxylic acids is 1. The lowest BCUT2D eigenvalue weighted by Crippen LogP contribution is -2.10. The van der Waals surface area contributed by atoms with Crippen LogP contribution in [-0.2, 0) is 11.2 Å². The van der Waals surface area contributed by atoms with E-state index in [0.717, 1.165) is 17.7 Å². The van der Waals surface area contributed by atoms with Gasteiger partial charge < -0.3 is 20.1 Å². The summed E-state index contributed by atoms with van der Waals surface area (Å²) in [6.45, 7) is 2.76. The first-order valence-corrected chi connectivity index (χ1v) is 9.43. The molecule has 7 nitrogen and oxygen atoms in total. The lowest BCUT2D eigenvalue weighted by Gasteiger charge is -2.12. The minimum absolute atomic E-state index is 0.320. The second-order valence-corrected chi connectivity index (χ2v) is 6.15. The molecule has 3 rings (SSSR count). The molecule has 0 aliphatic carbocycles. The summed E-state index contributed by atoms with van der Waals surface area (Å²) in [6.07, 6.45) is 2.43. The fourth-order valence-corrected chi connectivity index (χ4v) is 2.85. The summed E-state index contributed by atoms with van der Waals surface area (Å²) in [5.41, 5.74) is 2.20. The van der Waals surface area contributed by atoms with Gasteiger partial charge in [0.05, 0.1) is 25.0 Å². The highest BCUT2D eigenvalue weighted by Gasteiger charge is 2.12. The fourth-order valence-electron chi connectivity index (χ4n) is 2.85. The van der Waals surface area contributed by atoms with E-state index >= 15 is 0 Å². The van der Waals surface area contributed by atoms with E-state index in [1.807, 2.05) is 36.4 Å². The van der Waals surface area contributed by atoms with Crippen LogP contribution in [0.2, 0.25) is 0 Å². The minimum Gasteiger partial charge on any atom is -0.496 e. The Balaban J connectivity index is 1.65. The number of methoxy groups -OCH3 is 1. The summed E-state index contributed by atoms with van der Waals surface area (Å²) < 4.78 is 10.5. The Morgan fingerprint density at radius 3 is 2.69 bits per heavy atom. The van der Waals surface area contributed by atoms with E-state index in [9.17, 15) is 4.79 Å². The lowest BCUT2D eigenvalue weighted by atomic mass is 10.1. The Bertz CT molecular complexity index is 962. The van der Waals surface area contributed by atoms with Gasteiger partial charge in [0, 0.05) is 12.7 Å². The first-order chi connectivity index (χ1) is 14.2. The second-order valence-electron chi connectivity index (χ2n) is 6.15. The van der Waals surface area contributed by atoms with Crippen LogP contribution in [0.25, 0.3) is 0 Å². The van der Waals surface area contributed by atoms with Crippen molar-refractivity contribution < 1.29 is 14.3 Å². The van der Waals surface area contributed by atoms with Crippen molar-refractivity contribution >= 4 is 23.4 Å². The Labute approximate surface area is 170 Å². The first-order valence-electron chi connectivity index (χ1n) is 9.43. The first kappa shape index (κ1) is 20.1. The molecule has 2 aromatic carbocycles. The molecule has 0 fully saturated rings. The van der Waals surface area contributed by atoms with Crippen LogP contribution in [0.15, 0.2) is 60.8 Å². The number of aromatic nitrogens is 2.